The number of hydrogen-bond acceptors (Lipinski definition) is 6. The van der Waals surface area contributed by atoms with E-state index in [4.69, 9.17) is 4.74 Å². The third-order valence-corrected chi connectivity index (χ3v) is 6.69. The third kappa shape index (κ3) is 5.60. The third-order valence-electron chi connectivity index (χ3n) is 5.44. The second kappa shape index (κ2) is 9.91. The van der Waals surface area contributed by atoms with Gasteiger partial charge in [-0.3, -0.25) is 0 Å². The first kappa shape index (κ1) is 22.7. The Morgan fingerprint density at radius 2 is 1.93 bits per heavy atom. The molecule has 1 fully saturated rings. The van der Waals surface area contributed by atoms with Gasteiger partial charge in [-0.15, -0.1) is 0 Å². The minimum Gasteiger partial charge on any atom is -0.381 e. The van der Waals surface area contributed by atoms with Crippen LogP contribution in [0.4, 0.5) is 4.39 Å². The summed E-state index contributed by atoms with van der Waals surface area (Å²) in [5.74, 6) is 0.268. The van der Waals surface area contributed by atoms with Crippen molar-refractivity contribution in [1.29, 1.82) is 0 Å². The Morgan fingerprint density at radius 1 is 1.23 bits per heavy atom. The Hall–Kier alpha value is -1.94. The van der Waals surface area contributed by atoms with Crippen LogP contribution in [0.15, 0.2) is 36.7 Å². The molecule has 0 radical (unpaired) electrons. The molecule has 0 unspecified atom stereocenters. The molecule has 164 valence electrons. The molecular weight excluding hydrogens is 407 g/mol. The first-order valence-electron chi connectivity index (χ1n) is 10.2. The van der Waals surface area contributed by atoms with Crippen molar-refractivity contribution in [3.63, 3.8) is 0 Å². The molecule has 1 N–H and O–H groups in total. The second-order valence-corrected chi connectivity index (χ2v) is 9.60. The van der Waals surface area contributed by atoms with Crippen molar-refractivity contribution in [3.05, 3.63) is 59.4 Å². The molecule has 30 heavy (non-hydrogen) atoms. The van der Waals surface area contributed by atoms with E-state index in [9.17, 15) is 8.42 Å². The number of hydrogen-bond donors (Lipinski definition) is 1. The predicted molar refractivity (Wildman–Crippen MR) is 113 cm³/mol. The largest absolute Gasteiger partial charge is 0.381 e. The standard InChI is InChI=1S/C21H29FN4O3S/c1-3-11-26(30(2,27)28)16-17-5-6-18(14-19(17)22)21(7-12-29-13-8-21)25-15-20-23-9-4-10-24-20/h4-6,9-10,14,25H,3,7-8,11-13,15-16H2,1-2H3. The van der Waals surface area contributed by atoms with Crippen molar-refractivity contribution in [3.8, 4) is 0 Å². The summed E-state index contributed by atoms with van der Waals surface area (Å²) in [5.41, 5.74) is 0.743. The van der Waals surface area contributed by atoms with Gasteiger partial charge in [-0.1, -0.05) is 19.1 Å². The predicted octanol–water partition coefficient (Wildman–Crippen LogP) is 2.58. The van der Waals surface area contributed by atoms with E-state index < -0.39 is 21.4 Å². The molecule has 1 aromatic heterocycles. The number of sulfonamides is 1. The summed E-state index contributed by atoms with van der Waals surface area (Å²) >= 11 is 0. The van der Waals surface area contributed by atoms with Gasteiger partial charge in [0.15, 0.2) is 0 Å². The Bertz CT molecular complexity index is 935. The molecular formula is C21H29FN4O3S. The van der Waals surface area contributed by atoms with Crippen molar-refractivity contribution in [1.82, 2.24) is 19.6 Å². The lowest BCUT2D eigenvalue weighted by Gasteiger charge is -2.39. The molecule has 9 heteroatoms. The van der Waals surface area contributed by atoms with Crippen molar-refractivity contribution in [2.75, 3.05) is 26.0 Å². The fourth-order valence-electron chi connectivity index (χ4n) is 3.73. The van der Waals surface area contributed by atoms with E-state index in [0.717, 1.165) is 11.8 Å². The van der Waals surface area contributed by atoms with Gasteiger partial charge in [0.1, 0.15) is 11.6 Å². The van der Waals surface area contributed by atoms with Gasteiger partial charge in [-0.2, -0.15) is 4.31 Å². The van der Waals surface area contributed by atoms with Crippen LogP contribution in [0.2, 0.25) is 0 Å². The van der Waals surface area contributed by atoms with Gasteiger partial charge in [0, 0.05) is 49.8 Å². The van der Waals surface area contributed by atoms with Crippen LogP contribution in [0.25, 0.3) is 0 Å². The van der Waals surface area contributed by atoms with E-state index >= 15 is 4.39 Å². The first-order valence-corrected chi connectivity index (χ1v) is 12.0. The van der Waals surface area contributed by atoms with E-state index in [1.807, 2.05) is 13.0 Å². The van der Waals surface area contributed by atoms with E-state index in [1.54, 1.807) is 24.5 Å². The van der Waals surface area contributed by atoms with Crippen LogP contribution in [0.5, 0.6) is 0 Å². The minimum absolute atomic E-state index is 0.0280. The average molecular weight is 437 g/mol. The molecule has 1 aliphatic heterocycles. The van der Waals surface area contributed by atoms with Crippen molar-refractivity contribution >= 4 is 10.0 Å². The highest BCUT2D eigenvalue weighted by Gasteiger charge is 2.35. The molecule has 2 aromatic rings. The molecule has 2 heterocycles. The monoisotopic (exact) mass is 436 g/mol. The lowest BCUT2D eigenvalue weighted by Crippen LogP contribution is -2.46. The number of nitrogens with zero attached hydrogens (tertiary/aromatic N) is 3. The van der Waals surface area contributed by atoms with Gasteiger partial charge in [0.05, 0.1) is 12.8 Å². The SMILES string of the molecule is CCCN(Cc1ccc(C2(NCc3ncccn3)CCOCC2)cc1F)S(C)(=O)=O. The fraction of sp³-hybridized carbons (Fsp3) is 0.524. The summed E-state index contributed by atoms with van der Waals surface area (Å²) in [6.07, 6.45) is 6.61. The second-order valence-electron chi connectivity index (χ2n) is 7.62. The summed E-state index contributed by atoms with van der Waals surface area (Å²) in [5, 5.41) is 3.52. The highest BCUT2D eigenvalue weighted by atomic mass is 32.2. The fourth-order valence-corrected chi connectivity index (χ4v) is 4.62. The lowest BCUT2D eigenvalue weighted by molar-refractivity contribution is 0.0353. The maximum atomic E-state index is 15.0. The van der Waals surface area contributed by atoms with E-state index in [-0.39, 0.29) is 6.54 Å². The molecule has 1 aliphatic rings. The molecule has 0 amide bonds. The van der Waals surface area contributed by atoms with Crippen LogP contribution in [0.3, 0.4) is 0 Å². The van der Waals surface area contributed by atoms with Crippen LogP contribution >= 0.6 is 0 Å². The van der Waals surface area contributed by atoms with Crippen LogP contribution in [-0.4, -0.2) is 48.7 Å². The summed E-state index contributed by atoms with van der Waals surface area (Å²) in [4.78, 5) is 8.50. The molecule has 3 rings (SSSR count). The van der Waals surface area contributed by atoms with Gasteiger partial charge >= 0.3 is 0 Å². The highest BCUT2D eigenvalue weighted by molar-refractivity contribution is 7.88. The zero-order valence-electron chi connectivity index (χ0n) is 17.5. The van der Waals surface area contributed by atoms with Crippen LogP contribution in [0, 0.1) is 5.82 Å². The summed E-state index contributed by atoms with van der Waals surface area (Å²) in [6, 6.07) is 6.86. The van der Waals surface area contributed by atoms with Gasteiger partial charge < -0.3 is 10.1 Å². The average Bonchev–Trinajstić information content (AvgIpc) is 2.74. The molecule has 0 aliphatic carbocycles. The highest BCUT2D eigenvalue weighted by Crippen LogP contribution is 2.33. The maximum Gasteiger partial charge on any atom is 0.211 e. The van der Waals surface area contributed by atoms with E-state index in [0.29, 0.717) is 57.0 Å². The number of nitrogens with one attached hydrogen (secondary N) is 1. The zero-order chi connectivity index (χ0) is 21.6. The normalized spacial score (nSPS) is 16.7. The molecule has 1 saturated heterocycles. The molecule has 7 nitrogen and oxygen atoms in total. The smallest absolute Gasteiger partial charge is 0.211 e. The van der Waals surface area contributed by atoms with Crippen LogP contribution in [-0.2, 0) is 33.4 Å². The Kier molecular flexibility index (Phi) is 7.51. The maximum absolute atomic E-state index is 15.0. The van der Waals surface area contributed by atoms with Crippen LogP contribution < -0.4 is 5.32 Å². The Labute approximate surface area is 177 Å². The molecule has 1 aromatic carbocycles. The van der Waals surface area contributed by atoms with Crippen molar-refractivity contribution in [2.45, 2.75) is 44.8 Å². The lowest BCUT2D eigenvalue weighted by atomic mass is 9.82. The van der Waals surface area contributed by atoms with E-state index in [1.165, 1.54) is 10.4 Å². The Morgan fingerprint density at radius 3 is 2.53 bits per heavy atom. The minimum atomic E-state index is -3.40. The number of benzene rings is 1. The molecule has 0 bridgehead atoms. The van der Waals surface area contributed by atoms with Gasteiger partial charge in [-0.25, -0.2) is 22.8 Å². The Balaban J connectivity index is 1.83. The van der Waals surface area contributed by atoms with Crippen LogP contribution in [0.1, 0.15) is 43.1 Å². The van der Waals surface area contributed by atoms with Crippen molar-refractivity contribution in [2.24, 2.45) is 0 Å². The summed E-state index contributed by atoms with van der Waals surface area (Å²) in [7, 11) is -3.40. The number of ether oxygens (including phenoxy) is 1. The van der Waals surface area contributed by atoms with E-state index in [2.05, 4.69) is 15.3 Å². The zero-order valence-corrected chi connectivity index (χ0v) is 18.3. The van der Waals surface area contributed by atoms with Gasteiger partial charge in [-0.05, 0) is 37.0 Å². The summed E-state index contributed by atoms with van der Waals surface area (Å²) < 4.78 is 45.8. The van der Waals surface area contributed by atoms with Crippen molar-refractivity contribution < 1.29 is 17.5 Å². The number of halogens is 1. The number of aromatic nitrogens is 2. The van der Waals surface area contributed by atoms with Gasteiger partial charge in [0.2, 0.25) is 10.0 Å². The molecule has 0 spiro atoms. The quantitative estimate of drug-likeness (QED) is 0.650. The van der Waals surface area contributed by atoms with Gasteiger partial charge in [0.25, 0.3) is 0 Å². The molecule has 0 atom stereocenters. The summed E-state index contributed by atoms with van der Waals surface area (Å²) in [6.45, 7) is 3.89. The first-order chi connectivity index (χ1) is 14.3. The topological polar surface area (TPSA) is 84.4 Å². The molecule has 0 saturated carbocycles. The number of rotatable bonds is 9.